The van der Waals surface area contributed by atoms with Gasteiger partial charge in [-0.15, -0.1) is 0 Å². The van der Waals surface area contributed by atoms with Gasteiger partial charge in [0.15, 0.2) is 0 Å². The Morgan fingerprint density at radius 2 is 1.21 bits per heavy atom. The van der Waals surface area contributed by atoms with Crippen LogP contribution in [0.25, 0.3) is 0 Å². The molecule has 0 heterocycles. The van der Waals surface area contributed by atoms with E-state index in [9.17, 15) is 19.8 Å². The van der Waals surface area contributed by atoms with Crippen molar-refractivity contribution in [2.45, 2.75) is 53.4 Å². The molecule has 0 spiro atoms. The quantitative estimate of drug-likeness (QED) is 0.590. The van der Waals surface area contributed by atoms with E-state index in [1.807, 2.05) is 36.4 Å². The molecule has 2 N–H and O–H groups in total. The molecule has 0 aliphatic heterocycles. The Morgan fingerprint density at radius 1 is 0.750 bits per heavy atom. The van der Waals surface area contributed by atoms with Gasteiger partial charge in [-0.05, 0) is 54.7 Å². The highest BCUT2D eigenvalue weighted by Gasteiger charge is 2.22. The third-order valence-electron chi connectivity index (χ3n) is 4.48. The molecule has 2 rings (SSSR count). The number of rotatable bonds is 8. The molecule has 4 heteroatoms. The zero-order chi connectivity index (χ0) is 21.1. The van der Waals surface area contributed by atoms with Crippen LogP contribution in [0, 0.1) is 11.8 Å². The molecule has 0 amide bonds. The van der Waals surface area contributed by atoms with Gasteiger partial charge in [-0.25, -0.2) is 9.59 Å². The summed E-state index contributed by atoms with van der Waals surface area (Å²) in [5.74, 6) is -1.38. The van der Waals surface area contributed by atoms with Crippen molar-refractivity contribution < 1.29 is 19.8 Å². The lowest BCUT2D eigenvalue weighted by Crippen LogP contribution is -2.14. The van der Waals surface area contributed by atoms with Crippen LogP contribution in [0.1, 0.15) is 72.4 Å². The summed E-state index contributed by atoms with van der Waals surface area (Å²) in [6, 6.07) is 15.2. The first-order valence-electron chi connectivity index (χ1n) is 9.85. The molecule has 0 bridgehead atoms. The van der Waals surface area contributed by atoms with E-state index in [4.69, 9.17) is 0 Å². The number of aromatic carboxylic acids is 2. The van der Waals surface area contributed by atoms with Gasteiger partial charge in [0.1, 0.15) is 0 Å². The molecule has 0 aromatic heterocycles. The summed E-state index contributed by atoms with van der Waals surface area (Å²) in [5.41, 5.74) is 1.52. The molecule has 2 aromatic carbocycles. The second-order valence-corrected chi connectivity index (χ2v) is 7.76. The van der Waals surface area contributed by atoms with Gasteiger partial charge in [0.25, 0.3) is 0 Å². The summed E-state index contributed by atoms with van der Waals surface area (Å²) in [4.78, 5) is 22.9. The molecule has 0 fully saturated rings. The normalized spacial score (nSPS) is 10.5. The van der Waals surface area contributed by atoms with Crippen molar-refractivity contribution in [1.29, 1.82) is 0 Å². The van der Waals surface area contributed by atoms with Crippen LogP contribution in [0.5, 0.6) is 0 Å². The topological polar surface area (TPSA) is 74.6 Å². The Balaban J connectivity index is 0.000000552. The Kier molecular flexibility index (Phi) is 10.0. The predicted octanol–water partition coefficient (Wildman–Crippen LogP) is 5.95. The van der Waals surface area contributed by atoms with Crippen LogP contribution in [0.2, 0.25) is 0 Å². The van der Waals surface area contributed by atoms with Crippen molar-refractivity contribution >= 4 is 11.9 Å². The van der Waals surface area contributed by atoms with Gasteiger partial charge in [0, 0.05) is 0 Å². The fourth-order valence-electron chi connectivity index (χ4n) is 2.90. The number of benzene rings is 2. The van der Waals surface area contributed by atoms with Gasteiger partial charge in [0.2, 0.25) is 0 Å². The summed E-state index contributed by atoms with van der Waals surface area (Å²) < 4.78 is 0. The minimum Gasteiger partial charge on any atom is -0.478 e. The molecular formula is C24H32O4. The maximum Gasteiger partial charge on any atom is 0.336 e. The van der Waals surface area contributed by atoms with Crippen molar-refractivity contribution in [2.24, 2.45) is 11.8 Å². The van der Waals surface area contributed by atoms with Crippen LogP contribution in [-0.2, 0) is 12.8 Å². The maximum absolute atomic E-state index is 11.6. The molecule has 0 aliphatic carbocycles. The number of carboxylic acid groups (broad SMARTS) is 2. The van der Waals surface area contributed by atoms with E-state index in [-0.39, 0.29) is 11.1 Å². The Bertz CT molecular complexity index is 722. The SMILES string of the molecule is CC(C)CCc1ccc(C(=O)O)c(C(=O)O)c1CCC(C)C.c1ccccc1. The molecule has 4 nitrogen and oxygen atoms in total. The summed E-state index contributed by atoms with van der Waals surface area (Å²) >= 11 is 0. The second-order valence-electron chi connectivity index (χ2n) is 7.76. The molecule has 0 unspecified atom stereocenters. The number of carboxylic acids is 2. The minimum atomic E-state index is -1.18. The monoisotopic (exact) mass is 384 g/mol. The van der Waals surface area contributed by atoms with Crippen LogP contribution in [0.3, 0.4) is 0 Å². The van der Waals surface area contributed by atoms with Crippen molar-refractivity contribution in [3.05, 3.63) is 70.8 Å². The maximum atomic E-state index is 11.6. The van der Waals surface area contributed by atoms with Crippen molar-refractivity contribution in [2.75, 3.05) is 0 Å². The zero-order valence-electron chi connectivity index (χ0n) is 17.3. The van der Waals surface area contributed by atoms with E-state index in [1.165, 1.54) is 6.07 Å². The van der Waals surface area contributed by atoms with E-state index in [2.05, 4.69) is 27.7 Å². The lowest BCUT2D eigenvalue weighted by molar-refractivity contribution is 0.0650. The van der Waals surface area contributed by atoms with Gasteiger partial charge in [-0.3, -0.25) is 0 Å². The van der Waals surface area contributed by atoms with E-state index in [0.717, 1.165) is 24.8 Å². The lowest BCUT2D eigenvalue weighted by Gasteiger charge is -2.16. The Hall–Kier alpha value is -2.62. The predicted molar refractivity (Wildman–Crippen MR) is 113 cm³/mol. The third kappa shape index (κ3) is 7.95. The number of carbonyl (C=O) groups is 2. The van der Waals surface area contributed by atoms with Gasteiger partial charge >= 0.3 is 11.9 Å². The van der Waals surface area contributed by atoms with E-state index in [0.29, 0.717) is 23.8 Å². The fourth-order valence-corrected chi connectivity index (χ4v) is 2.90. The van der Waals surface area contributed by atoms with Gasteiger partial charge in [0.05, 0.1) is 11.1 Å². The van der Waals surface area contributed by atoms with Gasteiger partial charge < -0.3 is 10.2 Å². The summed E-state index contributed by atoms with van der Waals surface area (Å²) in [5, 5.41) is 18.8. The molecular weight excluding hydrogens is 352 g/mol. The van der Waals surface area contributed by atoms with Crippen molar-refractivity contribution in [3.8, 4) is 0 Å². The van der Waals surface area contributed by atoms with E-state index in [1.54, 1.807) is 6.07 Å². The molecule has 0 aliphatic rings. The average molecular weight is 385 g/mol. The third-order valence-corrected chi connectivity index (χ3v) is 4.48. The van der Waals surface area contributed by atoms with Crippen LogP contribution in [0.15, 0.2) is 48.5 Å². The van der Waals surface area contributed by atoms with Crippen LogP contribution < -0.4 is 0 Å². The van der Waals surface area contributed by atoms with Crippen molar-refractivity contribution in [1.82, 2.24) is 0 Å². The van der Waals surface area contributed by atoms with Gasteiger partial charge in [-0.1, -0.05) is 70.2 Å². The largest absolute Gasteiger partial charge is 0.478 e. The smallest absolute Gasteiger partial charge is 0.336 e. The molecule has 152 valence electrons. The van der Waals surface area contributed by atoms with E-state index < -0.39 is 11.9 Å². The Morgan fingerprint density at radius 3 is 1.61 bits per heavy atom. The molecule has 0 saturated heterocycles. The number of hydrogen-bond donors (Lipinski definition) is 2. The van der Waals surface area contributed by atoms with Crippen LogP contribution in [-0.4, -0.2) is 22.2 Å². The van der Waals surface area contributed by atoms with Crippen molar-refractivity contribution in [3.63, 3.8) is 0 Å². The summed E-state index contributed by atoms with van der Waals surface area (Å²) in [6.45, 7) is 8.40. The van der Waals surface area contributed by atoms with E-state index >= 15 is 0 Å². The molecule has 0 atom stereocenters. The first kappa shape index (κ1) is 23.4. The number of aryl methyl sites for hydroxylation is 1. The lowest BCUT2D eigenvalue weighted by atomic mass is 9.88. The molecule has 0 radical (unpaired) electrons. The summed E-state index contributed by atoms with van der Waals surface area (Å²) in [7, 11) is 0. The highest BCUT2D eigenvalue weighted by Crippen LogP contribution is 2.25. The molecule has 28 heavy (non-hydrogen) atoms. The summed E-state index contributed by atoms with van der Waals surface area (Å²) in [6.07, 6.45) is 3.19. The van der Waals surface area contributed by atoms with Crippen LogP contribution >= 0.6 is 0 Å². The fraction of sp³-hybridized carbons (Fsp3) is 0.417. The average Bonchev–Trinajstić information content (AvgIpc) is 2.65. The van der Waals surface area contributed by atoms with Crippen LogP contribution in [0.4, 0.5) is 0 Å². The first-order chi connectivity index (χ1) is 13.2. The minimum absolute atomic E-state index is 0.0330. The number of hydrogen-bond acceptors (Lipinski definition) is 2. The molecule has 0 saturated carbocycles. The first-order valence-corrected chi connectivity index (χ1v) is 9.85. The van der Waals surface area contributed by atoms with Gasteiger partial charge in [-0.2, -0.15) is 0 Å². The Labute approximate surface area is 168 Å². The highest BCUT2D eigenvalue weighted by atomic mass is 16.4. The molecule has 2 aromatic rings. The second kappa shape index (κ2) is 12.0. The highest BCUT2D eigenvalue weighted by molar-refractivity contribution is 6.03. The standard InChI is InChI=1S/C18H26O4.C6H6/c1-11(2)5-7-13-8-10-15(17(19)20)16(18(21)22)14(13)9-6-12(3)4;1-2-4-6-5-3-1/h8,10-12H,5-7,9H2,1-4H3,(H,19,20)(H,21,22);1-6H. The zero-order valence-corrected chi connectivity index (χ0v) is 17.3.